The molecule has 1 aliphatic rings. The van der Waals surface area contributed by atoms with Crippen molar-refractivity contribution in [2.45, 2.75) is 11.4 Å². The first-order chi connectivity index (χ1) is 8.75. The molecule has 0 spiro atoms. The molecular weight excluding hydrogens is 248 g/mol. The molecule has 2 atom stereocenters. The zero-order chi connectivity index (χ0) is 12.5. The summed E-state index contributed by atoms with van der Waals surface area (Å²) in [7, 11) is 0. The molecule has 1 saturated heterocycles. The Morgan fingerprint density at radius 2 is 2.22 bits per heavy atom. The predicted octanol–water partition coefficient (Wildman–Crippen LogP) is 2.02. The molecule has 92 valence electrons. The number of fused-ring (bicyclic) bond motifs is 1. The molecule has 0 amide bonds. The summed E-state index contributed by atoms with van der Waals surface area (Å²) in [4.78, 5) is 15.3. The number of carbonyl (C=O) groups is 1. The minimum atomic E-state index is -0.793. The van der Waals surface area contributed by atoms with Gasteiger partial charge < -0.3 is 5.11 Å². The van der Waals surface area contributed by atoms with Crippen molar-refractivity contribution in [1.29, 1.82) is 0 Å². The number of aliphatic carboxylic acids is 1. The van der Waals surface area contributed by atoms with Gasteiger partial charge in [0.15, 0.2) is 0 Å². The molecule has 2 aromatic rings. The van der Waals surface area contributed by atoms with Crippen LogP contribution in [0.2, 0.25) is 0 Å². The summed E-state index contributed by atoms with van der Waals surface area (Å²) in [6.45, 7) is 0. The number of hydrogen-bond acceptors (Lipinski definition) is 4. The molecular formula is C13H12N2O2S. The van der Waals surface area contributed by atoms with Crippen LogP contribution in [0.3, 0.4) is 0 Å². The van der Waals surface area contributed by atoms with Crippen LogP contribution in [-0.4, -0.2) is 27.9 Å². The maximum atomic E-state index is 11.0. The lowest BCUT2D eigenvalue weighted by atomic mass is 10.1. The lowest BCUT2D eigenvalue weighted by Crippen LogP contribution is -2.33. The van der Waals surface area contributed by atoms with Crippen molar-refractivity contribution in [1.82, 2.24) is 10.3 Å². The van der Waals surface area contributed by atoms with Gasteiger partial charge in [-0.05, 0) is 6.07 Å². The van der Waals surface area contributed by atoms with E-state index in [9.17, 15) is 4.79 Å². The van der Waals surface area contributed by atoms with Crippen molar-refractivity contribution >= 4 is 28.6 Å². The van der Waals surface area contributed by atoms with Crippen molar-refractivity contribution in [3.63, 3.8) is 0 Å². The molecule has 2 N–H and O–H groups in total. The highest BCUT2D eigenvalue weighted by Gasteiger charge is 2.31. The Morgan fingerprint density at radius 3 is 3.00 bits per heavy atom. The third kappa shape index (κ3) is 1.95. The number of carboxylic acids is 1. The Labute approximate surface area is 108 Å². The second-order valence-corrected chi connectivity index (χ2v) is 5.33. The molecule has 18 heavy (non-hydrogen) atoms. The number of benzene rings is 1. The van der Waals surface area contributed by atoms with Crippen LogP contribution in [0.1, 0.15) is 10.9 Å². The van der Waals surface area contributed by atoms with Crippen LogP contribution in [0.5, 0.6) is 0 Å². The van der Waals surface area contributed by atoms with Gasteiger partial charge in [-0.2, -0.15) is 0 Å². The highest BCUT2D eigenvalue weighted by atomic mass is 32.2. The molecule has 0 radical (unpaired) electrons. The minimum absolute atomic E-state index is 0.00435. The van der Waals surface area contributed by atoms with Crippen molar-refractivity contribution < 1.29 is 9.90 Å². The largest absolute Gasteiger partial charge is 0.480 e. The molecule has 0 bridgehead atoms. The van der Waals surface area contributed by atoms with Gasteiger partial charge in [-0.25, -0.2) is 0 Å². The Kier molecular flexibility index (Phi) is 2.93. The van der Waals surface area contributed by atoms with Crippen LogP contribution in [0.25, 0.3) is 10.9 Å². The van der Waals surface area contributed by atoms with Crippen molar-refractivity contribution in [2.24, 2.45) is 0 Å². The summed E-state index contributed by atoms with van der Waals surface area (Å²) in [5, 5.41) is 13.2. The molecule has 1 aromatic heterocycles. The smallest absolute Gasteiger partial charge is 0.321 e. The number of nitrogens with zero attached hydrogens (tertiary/aromatic N) is 1. The lowest BCUT2D eigenvalue weighted by Gasteiger charge is -2.13. The van der Waals surface area contributed by atoms with E-state index in [1.54, 1.807) is 18.0 Å². The maximum absolute atomic E-state index is 11.0. The van der Waals surface area contributed by atoms with Gasteiger partial charge in [0, 0.05) is 22.9 Å². The first-order valence-corrected chi connectivity index (χ1v) is 6.74. The van der Waals surface area contributed by atoms with Crippen molar-refractivity contribution in [3.8, 4) is 0 Å². The number of para-hydroxylation sites is 1. The van der Waals surface area contributed by atoms with E-state index in [4.69, 9.17) is 5.11 Å². The van der Waals surface area contributed by atoms with Gasteiger partial charge in [0.1, 0.15) is 6.04 Å². The number of hydrogen-bond donors (Lipinski definition) is 2. The zero-order valence-corrected chi connectivity index (χ0v) is 10.4. The molecule has 0 aliphatic carbocycles. The molecule has 5 heteroatoms. The third-order valence-corrected chi connectivity index (χ3v) is 4.28. The second-order valence-electron chi connectivity index (χ2n) is 4.19. The molecule has 2 heterocycles. The van der Waals surface area contributed by atoms with Crippen LogP contribution < -0.4 is 5.32 Å². The second kappa shape index (κ2) is 4.59. The lowest BCUT2D eigenvalue weighted by molar-refractivity contribution is -0.138. The molecule has 1 aliphatic heterocycles. The monoisotopic (exact) mass is 260 g/mol. The number of thioether (sulfide) groups is 1. The third-order valence-electron chi connectivity index (χ3n) is 3.03. The van der Waals surface area contributed by atoms with E-state index >= 15 is 0 Å². The fourth-order valence-electron chi connectivity index (χ4n) is 2.13. The van der Waals surface area contributed by atoms with Gasteiger partial charge in [0.25, 0.3) is 0 Å². The van der Waals surface area contributed by atoms with Crippen LogP contribution >= 0.6 is 11.8 Å². The number of pyridine rings is 1. The molecule has 2 unspecified atom stereocenters. The zero-order valence-electron chi connectivity index (χ0n) is 9.54. The van der Waals surface area contributed by atoms with Gasteiger partial charge in [-0.1, -0.05) is 24.3 Å². The summed E-state index contributed by atoms with van der Waals surface area (Å²) in [5.74, 6) is -0.207. The first-order valence-electron chi connectivity index (χ1n) is 5.70. The van der Waals surface area contributed by atoms with Crippen LogP contribution in [-0.2, 0) is 4.79 Å². The summed E-state index contributed by atoms with van der Waals surface area (Å²) in [6.07, 6.45) is 1.76. The summed E-state index contributed by atoms with van der Waals surface area (Å²) in [5.41, 5.74) is 2.00. The maximum Gasteiger partial charge on any atom is 0.321 e. The number of carboxylic acid groups (broad SMARTS) is 1. The average Bonchev–Trinajstić information content (AvgIpc) is 2.87. The Hall–Kier alpha value is -1.59. The summed E-state index contributed by atoms with van der Waals surface area (Å²) < 4.78 is 0. The molecule has 4 nitrogen and oxygen atoms in total. The molecule has 1 aromatic carbocycles. The predicted molar refractivity (Wildman–Crippen MR) is 71.5 cm³/mol. The van der Waals surface area contributed by atoms with Gasteiger partial charge in [0.2, 0.25) is 0 Å². The SMILES string of the molecule is O=C(O)C1CSC(c2cccc3cccnc23)N1. The Morgan fingerprint density at radius 1 is 1.39 bits per heavy atom. The van der Waals surface area contributed by atoms with Gasteiger partial charge in [-0.3, -0.25) is 15.1 Å². The first kappa shape index (κ1) is 11.5. The number of aromatic nitrogens is 1. The van der Waals surface area contributed by atoms with Crippen LogP contribution in [0, 0.1) is 0 Å². The standard InChI is InChI=1S/C13H12N2O2S/c16-13(17)10-7-18-12(15-10)9-5-1-3-8-4-2-6-14-11(8)9/h1-6,10,12,15H,7H2,(H,16,17). The van der Waals surface area contributed by atoms with E-state index in [0.717, 1.165) is 16.5 Å². The fourth-order valence-corrected chi connectivity index (χ4v) is 3.39. The highest BCUT2D eigenvalue weighted by molar-refractivity contribution is 7.99. The molecule has 0 saturated carbocycles. The molecule has 3 rings (SSSR count). The number of nitrogens with one attached hydrogen (secondary N) is 1. The van der Waals surface area contributed by atoms with E-state index in [1.165, 1.54) is 0 Å². The Balaban J connectivity index is 1.98. The highest BCUT2D eigenvalue weighted by Crippen LogP contribution is 2.35. The summed E-state index contributed by atoms with van der Waals surface area (Å²) in [6, 6.07) is 9.45. The normalized spacial score (nSPS) is 23.3. The topological polar surface area (TPSA) is 62.2 Å². The van der Waals surface area contributed by atoms with Gasteiger partial charge in [-0.15, -0.1) is 11.8 Å². The van der Waals surface area contributed by atoms with E-state index in [0.29, 0.717) is 5.75 Å². The average molecular weight is 260 g/mol. The molecule has 1 fully saturated rings. The van der Waals surface area contributed by atoms with E-state index in [1.807, 2.05) is 30.3 Å². The van der Waals surface area contributed by atoms with Crippen LogP contribution in [0.15, 0.2) is 36.5 Å². The summed E-state index contributed by atoms with van der Waals surface area (Å²) >= 11 is 1.61. The fraction of sp³-hybridized carbons (Fsp3) is 0.231. The van der Waals surface area contributed by atoms with Crippen molar-refractivity contribution in [2.75, 3.05) is 5.75 Å². The van der Waals surface area contributed by atoms with E-state index in [2.05, 4.69) is 10.3 Å². The minimum Gasteiger partial charge on any atom is -0.480 e. The van der Waals surface area contributed by atoms with Crippen molar-refractivity contribution in [3.05, 3.63) is 42.1 Å². The Bertz CT molecular complexity index is 597. The van der Waals surface area contributed by atoms with Gasteiger partial charge in [0.05, 0.1) is 10.9 Å². The van der Waals surface area contributed by atoms with Crippen LogP contribution in [0.4, 0.5) is 0 Å². The quantitative estimate of drug-likeness (QED) is 0.865. The number of rotatable bonds is 2. The van der Waals surface area contributed by atoms with E-state index in [-0.39, 0.29) is 5.37 Å². The van der Waals surface area contributed by atoms with Gasteiger partial charge >= 0.3 is 5.97 Å². The van der Waals surface area contributed by atoms with E-state index < -0.39 is 12.0 Å².